The Morgan fingerprint density at radius 2 is 0.812 bits per heavy atom. The smallest absolute Gasteiger partial charge is 0.306 e. The van der Waals surface area contributed by atoms with Gasteiger partial charge in [0, 0.05) is 13.0 Å². The Bertz CT molecular complexity index is 1510. The third-order valence-electron chi connectivity index (χ3n) is 15.6. The maximum absolute atomic E-state index is 13.1. The fraction of sp³-hybridized carbons (Fsp3) is 0.864. The lowest BCUT2D eigenvalue weighted by molar-refractivity contribution is -0.332. The van der Waals surface area contributed by atoms with Gasteiger partial charge in [-0.2, -0.15) is 0 Å². The third kappa shape index (κ3) is 38.0. The second-order valence-electron chi connectivity index (χ2n) is 22.9. The van der Waals surface area contributed by atoms with Crippen LogP contribution in [0.5, 0.6) is 0 Å². The molecular formula is C66H120O14. The van der Waals surface area contributed by atoms with Crippen molar-refractivity contribution in [2.24, 2.45) is 0 Å². The predicted octanol–water partition coefficient (Wildman–Crippen LogP) is 13.0. The lowest BCUT2D eigenvalue weighted by atomic mass is 9.98. The Labute approximate surface area is 486 Å². The Balaban J connectivity index is 1.65. The van der Waals surface area contributed by atoms with Crippen LogP contribution in [0.1, 0.15) is 264 Å². The van der Waals surface area contributed by atoms with Crippen molar-refractivity contribution in [1.82, 2.24) is 0 Å². The average Bonchev–Trinajstić information content (AvgIpc) is 3.52. The van der Waals surface area contributed by atoms with E-state index in [2.05, 4.69) is 62.5 Å². The van der Waals surface area contributed by atoms with E-state index in [0.29, 0.717) is 13.0 Å². The second kappa shape index (κ2) is 52.5. The molecule has 80 heavy (non-hydrogen) atoms. The molecule has 0 radical (unpaired) electrons. The summed E-state index contributed by atoms with van der Waals surface area (Å²) < 4.78 is 34.5. The summed E-state index contributed by atoms with van der Waals surface area (Å²) in [5.41, 5.74) is 0. The maximum Gasteiger partial charge on any atom is 0.306 e. The van der Waals surface area contributed by atoms with Crippen LogP contribution < -0.4 is 0 Å². The number of carbonyl (C=O) groups is 1. The second-order valence-corrected chi connectivity index (χ2v) is 22.9. The van der Waals surface area contributed by atoms with Crippen molar-refractivity contribution in [3.63, 3.8) is 0 Å². The van der Waals surface area contributed by atoms with Gasteiger partial charge < -0.3 is 64.2 Å². The normalized spacial score (nSPS) is 24.1. The summed E-state index contributed by atoms with van der Waals surface area (Å²) in [7, 11) is 0. The van der Waals surface area contributed by atoms with Gasteiger partial charge in [-0.25, -0.2) is 0 Å². The quantitative estimate of drug-likeness (QED) is 0.0172. The molecule has 2 saturated heterocycles. The molecule has 14 heteroatoms. The summed E-state index contributed by atoms with van der Waals surface area (Å²) in [6.45, 7) is 3.63. The van der Waals surface area contributed by atoms with Crippen molar-refractivity contribution in [2.45, 2.75) is 332 Å². The van der Waals surface area contributed by atoms with E-state index < -0.39 is 80.7 Å². The number of carbonyl (C=O) groups excluding carboxylic acids is 1. The van der Waals surface area contributed by atoms with Crippen molar-refractivity contribution in [3.05, 3.63) is 48.6 Å². The predicted molar refractivity (Wildman–Crippen MR) is 321 cm³/mol. The fourth-order valence-corrected chi connectivity index (χ4v) is 10.4. The molecular weight excluding hydrogens is 1020 g/mol. The summed E-state index contributed by atoms with van der Waals surface area (Å²) in [5, 5.41) is 72.5. The standard InChI is InChI=1S/C66H120O14/c1-3-5-7-9-11-13-15-17-19-21-23-25-26-27-28-29-30-32-34-36-38-40-42-44-46-48-50-75-52-55(78-58(68)49-47-45-43-41-39-37-35-33-31-24-22-20-18-16-14-12-10-8-6-4-2)53-76-65-64(74)62(72)60(70)57(80-65)54-77-66-63(73)61(71)59(69)56(51-67)79-66/h5,7,11,13,17,19,23,25,55-57,59-67,69-74H,3-4,6,8-10,12,14-16,18,20-22,24,26-54H2,1-2H3/b7-5-,13-11-,19-17-,25-23-. The first kappa shape index (κ1) is 74.1. The van der Waals surface area contributed by atoms with E-state index in [9.17, 15) is 40.5 Å². The van der Waals surface area contributed by atoms with Gasteiger partial charge >= 0.3 is 5.97 Å². The van der Waals surface area contributed by atoms with Gasteiger partial charge in [-0.1, -0.05) is 255 Å². The monoisotopic (exact) mass is 1140 g/mol. The minimum atomic E-state index is -1.71. The SMILES string of the molecule is CC/C=C\C/C=C\C/C=C\C/C=C\CCCCCCCCCCCCCCCOCC(COC1OC(COC2OC(CO)C(O)C(O)C2O)C(O)C(O)C1O)OC(=O)CCCCCCCCCCCCCCCCCCCCCC. The molecule has 0 aromatic rings. The zero-order valence-electron chi connectivity index (χ0n) is 50.6. The Kier molecular flexibility index (Phi) is 48.6. The lowest BCUT2D eigenvalue weighted by Crippen LogP contribution is -2.61. The Morgan fingerprint density at radius 1 is 0.425 bits per heavy atom. The molecule has 0 spiro atoms. The highest BCUT2D eigenvalue weighted by molar-refractivity contribution is 5.69. The van der Waals surface area contributed by atoms with Crippen molar-refractivity contribution in [1.29, 1.82) is 0 Å². The molecule has 0 aliphatic carbocycles. The van der Waals surface area contributed by atoms with Crippen LogP contribution in [0.15, 0.2) is 48.6 Å². The zero-order valence-corrected chi connectivity index (χ0v) is 50.6. The molecule has 11 unspecified atom stereocenters. The largest absolute Gasteiger partial charge is 0.457 e. The number of aliphatic hydroxyl groups is 7. The molecule has 2 aliphatic rings. The van der Waals surface area contributed by atoms with Crippen molar-refractivity contribution < 1.29 is 69.0 Å². The number of allylic oxidation sites excluding steroid dienone is 8. The van der Waals surface area contributed by atoms with E-state index in [4.69, 9.17) is 28.4 Å². The molecule has 0 bridgehead atoms. The Morgan fingerprint density at radius 3 is 1.27 bits per heavy atom. The van der Waals surface area contributed by atoms with Crippen molar-refractivity contribution >= 4 is 5.97 Å². The number of ether oxygens (including phenoxy) is 6. The molecule has 14 nitrogen and oxygen atoms in total. The van der Waals surface area contributed by atoms with Crippen LogP contribution in [-0.2, 0) is 33.2 Å². The molecule has 2 rings (SSSR count). The average molecular weight is 1140 g/mol. The van der Waals surface area contributed by atoms with Gasteiger partial charge in [-0.05, 0) is 51.4 Å². The van der Waals surface area contributed by atoms with Crippen LogP contribution in [0.2, 0.25) is 0 Å². The molecule has 2 fully saturated rings. The van der Waals surface area contributed by atoms with Crippen molar-refractivity contribution in [2.75, 3.05) is 33.0 Å². The van der Waals surface area contributed by atoms with Gasteiger partial charge in [0.2, 0.25) is 0 Å². The minimum Gasteiger partial charge on any atom is -0.457 e. The van der Waals surface area contributed by atoms with E-state index in [1.54, 1.807) is 0 Å². The van der Waals surface area contributed by atoms with E-state index in [1.165, 1.54) is 173 Å². The molecule has 7 N–H and O–H groups in total. The molecule has 2 aliphatic heterocycles. The minimum absolute atomic E-state index is 0.0634. The molecule has 2 heterocycles. The van der Waals surface area contributed by atoms with E-state index >= 15 is 0 Å². The highest BCUT2D eigenvalue weighted by atomic mass is 16.7. The fourth-order valence-electron chi connectivity index (χ4n) is 10.4. The summed E-state index contributed by atoms with van der Waals surface area (Å²) in [5.74, 6) is -0.371. The van der Waals surface area contributed by atoms with Gasteiger partial charge in [-0.15, -0.1) is 0 Å². The summed E-state index contributed by atoms with van der Waals surface area (Å²) in [6, 6.07) is 0. The summed E-state index contributed by atoms with van der Waals surface area (Å²) in [6.07, 6.45) is 48.9. The molecule has 0 aromatic carbocycles. The van der Waals surface area contributed by atoms with E-state index in [0.717, 1.165) is 64.2 Å². The van der Waals surface area contributed by atoms with Crippen LogP contribution in [0.3, 0.4) is 0 Å². The first-order valence-electron chi connectivity index (χ1n) is 32.7. The van der Waals surface area contributed by atoms with Crippen LogP contribution >= 0.6 is 0 Å². The maximum atomic E-state index is 13.1. The van der Waals surface area contributed by atoms with Gasteiger partial charge in [0.05, 0.1) is 26.4 Å². The van der Waals surface area contributed by atoms with Gasteiger partial charge in [0.15, 0.2) is 12.6 Å². The highest BCUT2D eigenvalue weighted by Crippen LogP contribution is 2.27. The number of rotatable bonds is 54. The lowest BCUT2D eigenvalue weighted by Gasteiger charge is -2.42. The van der Waals surface area contributed by atoms with Crippen LogP contribution in [0.25, 0.3) is 0 Å². The van der Waals surface area contributed by atoms with E-state index in [-0.39, 0.29) is 25.6 Å². The van der Waals surface area contributed by atoms with Crippen LogP contribution in [-0.4, -0.2) is 142 Å². The van der Waals surface area contributed by atoms with Crippen LogP contribution in [0, 0.1) is 0 Å². The Hall–Kier alpha value is -2.05. The number of hydrogen-bond donors (Lipinski definition) is 7. The number of aliphatic hydroxyl groups excluding tert-OH is 7. The van der Waals surface area contributed by atoms with Crippen molar-refractivity contribution in [3.8, 4) is 0 Å². The summed E-state index contributed by atoms with van der Waals surface area (Å²) >= 11 is 0. The van der Waals surface area contributed by atoms with Crippen LogP contribution in [0.4, 0.5) is 0 Å². The highest BCUT2D eigenvalue weighted by Gasteiger charge is 2.47. The van der Waals surface area contributed by atoms with E-state index in [1.807, 2.05) is 0 Å². The number of unbranched alkanes of at least 4 members (excludes halogenated alkanes) is 32. The number of esters is 1. The van der Waals surface area contributed by atoms with Gasteiger partial charge in [0.1, 0.15) is 54.9 Å². The molecule has 11 atom stereocenters. The molecule has 468 valence electrons. The zero-order chi connectivity index (χ0) is 57.9. The molecule has 0 aromatic heterocycles. The topological polar surface area (TPSA) is 214 Å². The van der Waals surface area contributed by atoms with Gasteiger partial charge in [-0.3, -0.25) is 4.79 Å². The van der Waals surface area contributed by atoms with Gasteiger partial charge in [0.25, 0.3) is 0 Å². The molecule has 0 saturated carbocycles. The first-order valence-corrected chi connectivity index (χ1v) is 32.7. The number of hydrogen-bond acceptors (Lipinski definition) is 14. The summed E-state index contributed by atoms with van der Waals surface area (Å²) in [4.78, 5) is 13.1. The third-order valence-corrected chi connectivity index (χ3v) is 15.6. The first-order chi connectivity index (χ1) is 39.1. The molecule has 0 amide bonds.